The summed E-state index contributed by atoms with van der Waals surface area (Å²) in [5.74, 6) is 0.184. The number of hydrogen-bond donors (Lipinski definition) is 1. The molecule has 1 aromatic rings. The smallest absolute Gasteiger partial charge is 0.247 e. The first kappa shape index (κ1) is 12.8. The lowest BCUT2D eigenvalue weighted by Gasteiger charge is -2.31. The topological polar surface area (TPSA) is 77.7 Å². The molecule has 2 N–H and O–H groups in total. The Kier molecular flexibility index (Phi) is 4.11. The van der Waals surface area contributed by atoms with Gasteiger partial charge < -0.3 is 15.2 Å². The number of methoxy groups -OCH3 is 1. The highest BCUT2D eigenvalue weighted by Crippen LogP contribution is 2.12. The summed E-state index contributed by atoms with van der Waals surface area (Å²) in [6, 6.07) is 3.78. The number of pyridine rings is 1. The minimum Gasteiger partial charge on any atom is -0.481 e. The average molecular weight is 251 g/mol. The molecule has 2 heterocycles. The van der Waals surface area contributed by atoms with Gasteiger partial charge >= 0.3 is 0 Å². The molecule has 0 bridgehead atoms. The van der Waals surface area contributed by atoms with Gasteiger partial charge in [0.2, 0.25) is 11.8 Å². The SMILES string of the molecule is COc1ccc(CN2CCO[C@@H](C(N)=O)C2)cn1. The first-order valence-electron chi connectivity index (χ1n) is 5.81. The van der Waals surface area contributed by atoms with Crippen LogP contribution in [0.25, 0.3) is 0 Å². The molecule has 1 atom stereocenters. The first-order chi connectivity index (χ1) is 8.69. The summed E-state index contributed by atoms with van der Waals surface area (Å²) in [6.45, 7) is 2.57. The Morgan fingerprint density at radius 1 is 1.67 bits per heavy atom. The summed E-state index contributed by atoms with van der Waals surface area (Å²) in [5.41, 5.74) is 6.31. The Morgan fingerprint density at radius 2 is 2.50 bits per heavy atom. The van der Waals surface area contributed by atoms with Crippen molar-refractivity contribution in [2.45, 2.75) is 12.6 Å². The zero-order valence-corrected chi connectivity index (χ0v) is 10.3. The number of nitrogens with zero attached hydrogens (tertiary/aromatic N) is 2. The summed E-state index contributed by atoms with van der Waals surface area (Å²) in [6.07, 6.45) is 1.26. The zero-order valence-electron chi connectivity index (χ0n) is 10.3. The Balaban J connectivity index is 1.93. The molecule has 1 aliphatic rings. The van der Waals surface area contributed by atoms with Gasteiger partial charge in [-0.25, -0.2) is 4.98 Å². The second-order valence-electron chi connectivity index (χ2n) is 4.21. The standard InChI is InChI=1S/C12H17N3O3/c1-17-11-3-2-9(6-14-11)7-15-4-5-18-10(8-15)12(13)16/h2-3,6,10H,4-5,7-8H2,1H3,(H2,13,16)/t10-/m1/s1. The molecule has 98 valence electrons. The summed E-state index contributed by atoms with van der Waals surface area (Å²) < 4.78 is 10.3. The Labute approximate surface area is 106 Å². The molecule has 1 aromatic heterocycles. The molecule has 1 saturated heterocycles. The number of primary amides is 1. The molecule has 18 heavy (non-hydrogen) atoms. The second kappa shape index (κ2) is 5.79. The average Bonchev–Trinajstić information content (AvgIpc) is 2.40. The van der Waals surface area contributed by atoms with Gasteiger partial charge in [0.05, 0.1) is 13.7 Å². The van der Waals surface area contributed by atoms with Gasteiger partial charge in [0.25, 0.3) is 0 Å². The summed E-state index contributed by atoms with van der Waals surface area (Å²) in [7, 11) is 1.58. The van der Waals surface area contributed by atoms with Gasteiger partial charge in [-0.15, -0.1) is 0 Å². The normalized spacial score (nSPS) is 20.6. The third-order valence-electron chi connectivity index (χ3n) is 2.88. The number of morpholine rings is 1. The highest BCUT2D eigenvalue weighted by Gasteiger charge is 2.24. The lowest BCUT2D eigenvalue weighted by Crippen LogP contribution is -2.47. The molecular weight excluding hydrogens is 234 g/mol. The van der Waals surface area contributed by atoms with E-state index in [1.165, 1.54) is 0 Å². The zero-order chi connectivity index (χ0) is 13.0. The maximum atomic E-state index is 11.1. The number of aromatic nitrogens is 1. The van der Waals surface area contributed by atoms with Crippen LogP contribution in [0.15, 0.2) is 18.3 Å². The van der Waals surface area contributed by atoms with E-state index in [-0.39, 0.29) is 0 Å². The molecule has 0 unspecified atom stereocenters. The van der Waals surface area contributed by atoms with E-state index in [1.807, 2.05) is 12.1 Å². The maximum absolute atomic E-state index is 11.1. The van der Waals surface area contributed by atoms with Crippen LogP contribution >= 0.6 is 0 Å². The van der Waals surface area contributed by atoms with Gasteiger partial charge in [0.1, 0.15) is 6.10 Å². The van der Waals surface area contributed by atoms with Crippen LogP contribution in [0.4, 0.5) is 0 Å². The van der Waals surface area contributed by atoms with E-state index >= 15 is 0 Å². The Morgan fingerprint density at radius 3 is 3.11 bits per heavy atom. The van der Waals surface area contributed by atoms with Crippen LogP contribution in [-0.4, -0.2) is 48.7 Å². The third kappa shape index (κ3) is 3.18. The van der Waals surface area contributed by atoms with Crippen LogP contribution in [-0.2, 0) is 16.1 Å². The van der Waals surface area contributed by atoms with Crippen LogP contribution in [0.2, 0.25) is 0 Å². The predicted molar refractivity (Wildman–Crippen MR) is 65.0 cm³/mol. The van der Waals surface area contributed by atoms with E-state index < -0.39 is 12.0 Å². The van der Waals surface area contributed by atoms with Gasteiger partial charge in [0.15, 0.2) is 0 Å². The number of ether oxygens (including phenoxy) is 2. The van der Waals surface area contributed by atoms with E-state index in [9.17, 15) is 4.79 Å². The van der Waals surface area contributed by atoms with Crippen molar-refractivity contribution in [1.82, 2.24) is 9.88 Å². The van der Waals surface area contributed by atoms with Crippen molar-refractivity contribution in [1.29, 1.82) is 0 Å². The molecule has 0 aromatic carbocycles. The fourth-order valence-corrected chi connectivity index (χ4v) is 1.90. The van der Waals surface area contributed by atoms with E-state index in [0.29, 0.717) is 19.0 Å². The maximum Gasteiger partial charge on any atom is 0.247 e. The lowest BCUT2D eigenvalue weighted by atomic mass is 10.2. The van der Waals surface area contributed by atoms with Crippen molar-refractivity contribution < 1.29 is 14.3 Å². The van der Waals surface area contributed by atoms with E-state index in [1.54, 1.807) is 13.3 Å². The molecule has 1 amide bonds. The van der Waals surface area contributed by atoms with E-state index in [2.05, 4.69) is 9.88 Å². The Hall–Kier alpha value is -1.66. The molecule has 0 radical (unpaired) electrons. The molecular formula is C12H17N3O3. The van der Waals surface area contributed by atoms with Crippen molar-refractivity contribution in [2.75, 3.05) is 26.8 Å². The van der Waals surface area contributed by atoms with Crippen LogP contribution in [0.1, 0.15) is 5.56 Å². The van der Waals surface area contributed by atoms with Crippen molar-refractivity contribution in [3.8, 4) is 5.88 Å². The second-order valence-corrected chi connectivity index (χ2v) is 4.21. The van der Waals surface area contributed by atoms with Crippen LogP contribution in [0, 0.1) is 0 Å². The van der Waals surface area contributed by atoms with Gasteiger partial charge in [-0.2, -0.15) is 0 Å². The van der Waals surface area contributed by atoms with Crippen molar-refractivity contribution in [3.63, 3.8) is 0 Å². The molecule has 6 nitrogen and oxygen atoms in total. The third-order valence-corrected chi connectivity index (χ3v) is 2.88. The fourth-order valence-electron chi connectivity index (χ4n) is 1.90. The van der Waals surface area contributed by atoms with Crippen molar-refractivity contribution in [3.05, 3.63) is 23.9 Å². The summed E-state index contributed by atoms with van der Waals surface area (Å²) >= 11 is 0. The highest BCUT2D eigenvalue weighted by atomic mass is 16.5. The fraction of sp³-hybridized carbons (Fsp3) is 0.500. The minimum absolute atomic E-state index is 0.410. The number of hydrogen-bond acceptors (Lipinski definition) is 5. The van der Waals surface area contributed by atoms with Gasteiger partial charge in [-0.3, -0.25) is 9.69 Å². The summed E-state index contributed by atoms with van der Waals surface area (Å²) in [4.78, 5) is 17.3. The number of carbonyl (C=O) groups excluding carboxylic acids is 1. The van der Waals surface area contributed by atoms with Gasteiger partial charge in [0, 0.05) is 31.9 Å². The quantitative estimate of drug-likeness (QED) is 0.800. The first-order valence-corrected chi connectivity index (χ1v) is 5.81. The Bertz CT molecular complexity index is 408. The van der Waals surface area contributed by atoms with Crippen LogP contribution < -0.4 is 10.5 Å². The summed E-state index contributed by atoms with van der Waals surface area (Å²) in [5, 5.41) is 0. The number of amides is 1. The van der Waals surface area contributed by atoms with Gasteiger partial charge in [-0.05, 0) is 5.56 Å². The number of nitrogens with two attached hydrogens (primary N) is 1. The van der Waals surface area contributed by atoms with E-state index in [0.717, 1.165) is 18.7 Å². The monoisotopic (exact) mass is 251 g/mol. The molecule has 0 saturated carbocycles. The largest absolute Gasteiger partial charge is 0.481 e. The molecule has 0 spiro atoms. The minimum atomic E-state index is -0.509. The van der Waals surface area contributed by atoms with Crippen LogP contribution in [0.3, 0.4) is 0 Å². The molecule has 1 fully saturated rings. The molecule has 2 rings (SSSR count). The molecule has 6 heteroatoms. The predicted octanol–water partition coefficient (Wildman–Crippen LogP) is -0.224. The van der Waals surface area contributed by atoms with E-state index in [4.69, 9.17) is 15.2 Å². The number of rotatable bonds is 4. The molecule has 1 aliphatic heterocycles. The van der Waals surface area contributed by atoms with Gasteiger partial charge in [-0.1, -0.05) is 6.07 Å². The van der Waals surface area contributed by atoms with Crippen LogP contribution in [0.5, 0.6) is 5.88 Å². The number of carbonyl (C=O) groups is 1. The van der Waals surface area contributed by atoms with Crippen molar-refractivity contribution >= 4 is 5.91 Å². The molecule has 0 aliphatic carbocycles. The highest BCUT2D eigenvalue weighted by molar-refractivity contribution is 5.79. The lowest BCUT2D eigenvalue weighted by molar-refractivity contribution is -0.135. The van der Waals surface area contributed by atoms with Crippen molar-refractivity contribution in [2.24, 2.45) is 5.73 Å².